The van der Waals surface area contributed by atoms with Gasteiger partial charge >= 0.3 is 0 Å². The van der Waals surface area contributed by atoms with Gasteiger partial charge in [0.2, 0.25) is 5.91 Å². The number of carbonyl (C=O) groups excluding carboxylic acids is 1. The lowest BCUT2D eigenvalue weighted by atomic mass is 9.49. The molecule has 130 valence electrons. The van der Waals surface area contributed by atoms with Crippen LogP contribution in [0.25, 0.3) is 0 Å². The molecule has 1 amide bonds. The topological polar surface area (TPSA) is 43.8 Å². The Morgan fingerprint density at radius 1 is 1.04 bits per heavy atom. The van der Waals surface area contributed by atoms with Crippen molar-refractivity contribution in [1.82, 2.24) is 9.80 Å². The van der Waals surface area contributed by atoms with Gasteiger partial charge in [0, 0.05) is 32.2 Å². The quantitative estimate of drug-likeness (QED) is 0.863. The van der Waals surface area contributed by atoms with E-state index < -0.39 is 0 Å². The Labute approximate surface area is 140 Å². The van der Waals surface area contributed by atoms with Crippen molar-refractivity contribution in [1.29, 1.82) is 0 Å². The third-order valence-corrected chi connectivity index (χ3v) is 7.29. The number of rotatable bonds is 4. The Morgan fingerprint density at radius 3 is 2.00 bits per heavy atom. The van der Waals surface area contributed by atoms with E-state index in [9.17, 15) is 9.90 Å². The van der Waals surface area contributed by atoms with E-state index in [0.29, 0.717) is 5.91 Å². The number of nitrogens with zero attached hydrogens (tertiary/aromatic N) is 2. The van der Waals surface area contributed by atoms with E-state index >= 15 is 0 Å². The van der Waals surface area contributed by atoms with Crippen molar-refractivity contribution < 1.29 is 9.90 Å². The minimum atomic E-state index is 0.0120. The minimum Gasteiger partial charge on any atom is -0.395 e. The van der Waals surface area contributed by atoms with Crippen molar-refractivity contribution in [2.24, 2.45) is 23.2 Å². The molecule has 4 nitrogen and oxygen atoms in total. The van der Waals surface area contributed by atoms with E-state index in [1.54, 1.807) is 0 Å². The average Bonchev–Trinajstić information content (AvgIpc) is 2.55. The monoisotopic (exact) mass is 320 g/mol. The number of aliphatic hydroxyl groups excluding tert-OH is 1. The Kier molecular flexibility index (Phi) is 4.17. The summed E-state index contributed by atoms with van der Waals surface area (Å²) in [7, 11) is 0. The summed E-state index contributed by atoms with van der Waals surface area (Å²) in [6, 6.07) is 0.270. The number of hydrogen-bond donors (Lipinski definition) is 1. The first-order chi connectivity index (χ1) is 11.1. The smallest absolute Gasteiger partial charge is 0.228 e. The van der Waals surface area contributed by atoms with Crippen molar-refractivity contribution in [2.75, 3.05) is 32.8 Å². The Balaban J connectivity index is 1.41. The van der Waals surface area contributed by atoms with Gasteiger partial charge in [-0.25, -0.2) is 0 Å². The van der Waals surface area contributed by atoms with Gasteiger partial charge in [-0.1, -0.05) is 6.92 Å². The fraction of sp³-hybridized carbons (Fsp3) is 0.947. The molecule has 1 unspecified atom stereocenters. The highest BCUT2D eigenvalue weighted by molar-refractivity contribution is 5.83. The molecule has 0 aromatic carbocycles. The van der Waals surface area contributed by atoms with Crippen molar-refractivity contribution in [3.63, 3.8) is 0 Å². The molecule has 4 heteroatoms. The van der Waals surface area contributed by atoms with Gasteiger partial charge in [-0.2, -0.15) is 0 Å². The van der Waals surface area contributed by atoms with Crippen molar-refractivity contribution in [3.05, 3.63) is 0 Å². The molecule has 5 fully saturated rings. The highest BCUT2D eigenvalue weighted by Crippen LogP contribution is 2.60. The first-order valence-electron chi connectivity index (χ1n) is 9.78. The first kappa shape index (κ1) is 15.9. The number of aliphatic hydroxyl groups is 1. The second kappa shape index (κ2) is 6.03. The SMILES string of the molecule is CCC(CO)N1CCN(C(=O)C23CC4CC(CC(C4)C2)C3)CC1. The van der Waals surface area contributed by atoms with Gasteiger partial charge in [-0.3, -0.25) is 9.69 Å². The fourth-order valence-corrected chi connectivity index (χ4v) is 6.50. The minimum absolute atomic E-state index is 0.0120. The maximum atomic E-state index is 13.3. The van der Waals surface area contributed by atoms with E-state index in [-0.39, 0.29) is 18.1 Å². The average molecular weight is 320 g/mol. The largest absolute Gasteiger partial charge is 0.395 e. The molecule has 0 aromatic rings. The van der Waals surface area contributed by atoms with Crippen LogP contribution in [0.3, 0.4) is 0 Å². The lowest BCUT2D eigenvalue weighted by Gasteiger charge is -2.57. The van der Waals surface area contributed by atoms with E-state index in [0.717, 1.165) is 50.4 Å². The van der Waals surface area contributed by atoms with Crippen LogP contribution in [-0.2, 0) is 4.79 Å². The van der Waals surface area contributed by atoms with Crippen LogP contribution in [0, 0.1) is 23.2 Å². The molecule has 4 aliphatic carbocycles. The zero-order valence-electron chi connectivity index (χ0n) is 14.5. The van der Waals surface area contributed by atoms with Crippen LogP contribution >= 0.6 is 0 Å². The summed E-state index contributed by atoms with van der Waals surface area (Å²) in [5.41, 5.74) is 0.0120. The van der Waals surface area contributed by atoms with E-state index in [1.165, 1.54) is 38.5 Å². The van der Waals surface area contributed by atoms with Crippen molar-refractivity contribution >= 4 is 5.91 Å². The van der Waals surface area contributed by atoms with Gasteiger partial charge in [0.1, 0.15) is 0 Å². The van der Waals surface area contributed by atoms with Crippen LogP contribution in [-0.4, -0.2) is 59.6 Å². The predicted molar refractivity (Wildman–Crippen MR) is 89.9 cm³/mol. The lowest BCUT2D eigenvalue weighted by molar-refractivity contribution is -0.159. The molecule has 1 N–H and O–H groups in total. The number of hydrogen-bond acceptors (Lipinski definition) is 3. The zero-order chi connectivity index (χ0) is 16.0. The molecular formula is C19H32N2O2. The molecule has 0 radical (unpaired) electrons. The van der Waals surface area contributed by atoms with Crippen LogP contribution in [0.1, 0.15) is 51.9 Å². The second-order valence-corrected chi connectivity index (χ2v) is 8.77. The Hall–Kier alpha value is -0.610. The summed E-state index contributed by atoms with van der Waals surface area (Å²) in [5.74, 6) is 2.99. The Morgan fingerprint density at radius 2 is 1.57 bits per heavy atom. The van der Waals surface area contributed by atoms with Gasteiger partial charge in [0.25, 0.3) is 0 Å². The third-order valence-electron chi connectivity index (χ3n) is 7.29. The Bertz CT molecular complexity index is 417. The third kappa shape index (κ3) is 2.72. The molecule has 4 saturated carbocycles. The maximum absolute atomic E-state index is 13.3. The van der Waals surface area contributed by atoms with Gasteiger partial charge in [-0.15, -0.1) is 0 Å². The van der Waals surface area contributed by atoms with E-state index in [4.69, 9.17) is 0 Å². The van der Waals surface area contributed by atoms with Crippen molar-refractivity contribution in [3.8, 4) is 0 Å². The van der Waals surface area contributed by atoms with Gasteiger partial charge in [0.05, 0.1) is 12.0 Å². The molecule has 0 spiro atoms. The normalized spacial score (nSPS) is 41.3. The van der Waals surface area contributed by atoms with E-state index in [1.807, 2.05) is 0 Å². The van der Waals surface area contributed by atoms with Crippen molar-refractivity contribution in [2.45, 2.75) is 57.9 Å². The first-order valence-corrected chi connectivity index (χ1v) is 9.78. The lowest BCUT2D eigenvalue weighted by Crippen LogP contribution is -2.59. The summed E-state index contributed by atoms with van der Waals surface area (Å²) in [6.45, 7) is 5.94. The standard InChI is InChI=1S/C19H32N2O2/c1-2-17(13-22)20-3-5-21(6-4-20)18(23)19-10-14-7-15(11-19)9-16(8-14)12-19/h14-17,22H,2-13H2,1H3. The van der Waals surface area contributed by atoms with Gasteiger partial charge in [0.15, 0.2) is 0 Å². The summed E-state index contributed by atoms with van der Waals surface area (Å²) in [4.78, 5) is 17.9. The summed E-state index contributed by atoms with van der Waals surface area (Å²) in [5, 5.41) is 9.48. The molecule has 1 heterocycles. The van der Waals surface area contributed by atoms with Crippen LogP contribution in [0.5, 0.6) is 0 Å². The van der Waals surface area contributed by atoms with Crippen LogP contribution in [0.2, 0.25) is 0 Å². The highest BCUT2D eigenvalue weighted by Gasteiger charge is 2.55. The van der Waals surface area contributed by atoms with Crippen LogP contribution in [0.4, 0.5) is 0 Å². The number of carbonyl (C=O) groups is 1. The molecular weight excluding hydrogens is 288 g/mol. The van der Waals surface area contributed by atoms with Crippen LogP contribution < -0.4 is 0 Å². The maximum Gasteiger partial charge on any atom is 0.228 e. The molecule has 23 heavy (non-hydrogen) atoms. The molecule has 5 aliphatic rings. The zero-order valence-corrected chi connectivity index (χ0v) is 14.5. The number of piperazine rings is 1. The van der Waals surface area contributed by atoms with E-state index in [2.05, 4.69) is 16.7 Å². The number of amides is 1. The highest BCUT2D eigenvalue weighted by atomic mass is 16.3. The molecule has 1 aliphatic heterocycles. The molecule has 5 rings (SSSR count). The fourth-order valence-electron chi connectivity index (χ4n) is 6.50. The molecule has 1 saturated heterocycles. The summed E-state index contributed by atoms with van der Waals surface area (Å²) < 4.78 is 0. The second-order valence-electron chi connectivity index (χ2n) is 8.77. The molecule has 0 aromatic heterocycles. The predicted octanol–water partition coefficient (Wildman–Crippen LogP) is 2.12. The molecule has 1 atom stereocenters. The van der Waals surface area contributed by atoms with Crippen LogP contribution in [0.15, 0.2) is 0 Å². The summed E-state index contributed by atoms with van der Waals surface area (Å²) in [6.07, 6.45) is 8.70. The summed E-state index contributed by atoms with van der Waals surface area (Å²) >= 11 is 0. The van der Waals surface area contributed by atoms with Gasteiger partial charge in [-0.05, 0) is 62.7 Å². The van der Waals surface area contributed by atoms with Gasteiger partial charge < -0.3 is 10.0 Å². The molecule has 4 bridgehead atoms.